The van der Waals surface area contributed by atoms with Crippen molar-refractivity contribution in [3.63, 3.8) is 0 Å². The second-order valence-corrected chi connectivity index (χ2v) is 3.87. The van der Waals surface area contributed by atoms with Crippen molar-refractivity contribution in [2.24, 2.45) is 5.84 Å². The van der Waals surface area contributed by atoms with Gasteiger partial charge in [-0.1, -0.05) is 0 Å². The molecule has 0 bridgehead atoms. The van der Waals surface area contributed by atoms with Gasteiger partial charge < -0.3 is 9.83 Å². The third-order valence-electron chi connectivity index (χ3n) is 2.23. The number of hydrogen-bond donors (Lipinski definition) is 2. The highest BCUT2D eigenvalue weighted by molar-refractivity contribution is 7.16. The molecule has 0 atom stereocenters. The van der Waals surface area contributed by atoms with Gasteiger partial charge >= 0.3 is 0 Å². The van der Waals surface area contributed by atoms with Crippen LogP contribution >= 0.6 is 11.3 Å². The fraction of sp³-hybridized carbons (Fsp3) is 0. The number of hydrazine groups is 1. The first-order chi connectivity index (χ1) is 6.90. The Labute approximate surface area is 84.0 Å². The van der Waals surface area contributed by atoms with Crippen molar-refractivity contribution in [1.29, 1.82) is 0 Å². The summed E-state index contributed by atoms with van der Waals surface area (Å²) in [4.78, 5) is 5.40. The van der Waals surface area contributed by atoms with Crippen molar-refractivity contribution in [1.82, 2.24) is 9.38 Å². The summed E-state index contributed by atoms with van der Waals surface area (Å²) in [5.74, 6) is 6.13. The first kappa shape index (κ1) is 7.78. The van der Waals surface area contributed by atoms with Gasteiger partial charge in [-0.05, 0) is 23.6 Å². The van der Waals surface area contributed by atoms with Crippen LogP contribution in [0.15, 0.2) is 29.8 Å². The predicted octanol–water partition coefficient (Wildman–Crippen LogP) is 1.83. The zero-order valence-electron chi connectivity index (χ0n) is 7.27. The van der Waals surface area contributed by atoms with E-state index in [4.69, 9.17) is 5.84 Å². The van der Waals surface area contributed by atoms with Crippen LogP contribution in [0.4, 0.5) is 5.82 Å². The summed E-state index contributed by atoms with van der Waals surface area (Å²) in [5, 5.41) is 2.03. The average Bonchev–Trinajstić information content (AvgIpc) is 2.83. The van der Waals surface area contributed by atoms with Gasteiger partial charge in [0.1, 0.15) is 4.83 Å². The number of anilines is 1. The minimum atomic E-state index is 0.713. The fourth-order valence-corrected chi connectivity index (χ4v) is 2.37. The van der Waals surface area contributed by atoms with Crippen molar-refractivity contribution in [2.45, 2.75) is 0 Å². The minimum absolute atomic E-state index is 0.713. The summed E-state index contributed by atoms with van der Waals surface area (Å²) >= 11 is 1.61. The number of hydrogen-bond acceptors (Lipinski definition) is 4. The highest BCUT2D eigenvalue weighted by Crippen LogP contribution is 2.24. The van der Waals surface area contributed by atoms with E-state index in [2.05, 4.69) is 20.9 Å². The lowest BCUT2D eigenvalue weighted by molar-refractivity contribution is 1.20. The van der Waals surface area contributed by atoms with Gasteiger partial charge in [-0.3, -0.25) is 0 Å². The van der Waals surface area contributed by atoms with Crippen LogP contribution in [0, 0.1) is 0 Å². The van der Waals surface area contributed by atoms with Crippen LogP contribution in [0.5, 0.6) is 0 Å². The van der Waals surface area contributed by atoms with Crippen LogP contribution in [0.1, 0.15) is 0 Å². The molecule has 0 aromatic carbocycles. The molecule has 3 aromatic rings. The van der Waals surface area contributed by atoms with Gasteiger partial charge in [-0.25, -0.2) is 10.8 Å². The van der Waals surface area contributed by atoms with Gasteiger partial charge in [0.05, 0.1) is 11.0 Å². The van der Waals surface area contributed by atoms with E-state index in [1.807, 2.05) is 23.7 Å². The molecular formula is C9H8N4S. The summed E-state index contributed by atoms with van der Waals surface area (Å²) in [6.45, 7) is 0. The van der Waals surface area contributed by atoms with E-state index in [-0.39, 0.29) is 0 Å². The van der Waals surface area contributed by atoms with E-state index >= 15 is 0 Å². The Morgan fingerprint density at radius 1 is 1.36 bits per heavy atom. The summed E-state index contributed by atoms with van der Waals surface area (Å²) in [5.41, 5.74) is 4.73. The Morgan fingerprint density at radius 2 is 2.29 bits per heavy atom. The van der Waals surface area contributed by atoms with Crippen molar-refractivity contribution in [3.05, 3.63) is 29.8 Å². The Kier molecular flexibility index (Phi) is 1.50. The number of nitrogens with two attached hydrogens (primary N) is 1. The quantitative estimate of drug-likeness (QED) is 0.469. The summed E-state index contributed by atoms with van der Waals surface area (Å²) < 4.78 is 2.08. The first-order valence-corrected chi connectivity index (χ1v) is 5.09. The highest BCUT2D eigenvalue weighted by atomic mass is 32.1. The zero-order valence-corrected chi connectivity index (χ0v) is 8.08. The van der Waals surface area contributed by atoms with Crippen molar-refractivity contribution in [2.75, 3.05) is 5.43 Å². The van der Waals surface area contributed by atoms with Crippen molar-refractivity contribution < 1.29 is 0 Å². The van der Waals surface area contributed by atoms with Crippen molar-refractivity contribution >= 4 is 33.0 Å². The molecule has 3 aromatic heterocycles. The number of thiophene rings is 1. The third kappa shape index (κ3) is 0.878. The molecule has 70 valence electrons. The SMILES string of the molecule is NNc1nc2sccc2n2cccc12. The van der Waals surface area contributed by atoms with E-state index in [9.17, 15) is 0 Å². The molecule has 0 radical (unpaired) electrons. The van der Waals surface area contributed by atoms with Crippen LogP contribution in [0.3, 0.4) is 0 Å². The van der Waals surface area contributed by atoms with Crippen LogP contribution in [-0.4, -0.2) is 9.38 Å². The number of rotatable bonds is 1. The molecule has 3 N–H and O–H groups in total. The fourth-order valence-electron chi connectivity index (χ4n) is 1.61. The molecule has 0 unspecified atom stereocenters. The monoisotopic (exact) mass is 204 g/mol. The van der Waals surface area contributed by atoms with Gasteiger partial charge in [-0.2, -0.15) is 0 Å². The molecule has 0 amide bonds. The lowest BCUT2D eigenvalue weighted by Crippen LogP contribution is -2.09. The predicted molar refractivity (Wildman–Crippen MR) is 58.4 cm³/mol. The van der Waals surface area contributed by atoms with Gasteiger partial charge in [0.15, 0.2) is 5.82 Å². The highest BCUT2D eigenvalue weighted by Gasteiger charge is 2.06. The topological polar surface area (TPSA) is 55.3 Å². The van der Waals surface area contributed by atoms with Crippen LogP contribution in [0.2, 0.25) is 0 Å². The van der Waals surface area contributed by atoms with Crippen LogP contribution < -0.4 is 11.3 Å². The number of nitrogens with zero attached hydrogens (tertiary/aromatic N) is 2. The molecular weight excluding hydrogens is 196 g/mol. The maximum Gasteiger partial charge on any atom is 0.166 e. The third-order valence-corrected chi connectivity index (χ3v) is 3.02. The van der Waals surface area contributed by atoms with Gasteiger partial charge in [0.2, 0.25) is 0 Å². The second-order valence-electron chi connectivity index (χ2n) is 2.98. The van der Waals surface area contributed by atoms with E-state index in [1.165, 1.54) is 0 Å². The molecule has 0 saturated heterocycles. The van der Waals surface area contributed by atoms with E-state index in [0.29, 0.717) is 5.82 Å². The molecule has 0 saturated carbocycles. The Balaban J connectivity index is 2.59. The average molecular weight is 204 g/mol. The molecule has 0 aliphatic heterocycles. The Morgan fingerprint density at radius 3 is 3.14 bits per heavy atom. The van der Waals surface area contributed by atoms with Gasteiger partial charge in [0, 0.05) is 6.20 Å². The normalized spacial score (nSPS) is 11.2. The first-order valence-electron chi connectivity index (χ1n) is 4.21. The molecule has 0 aliphatic rings. The van der Waals surface area contributed by atoms with E-state index in [1.54, 1.807) is 11.3 Å². The van der Waals surface area contributed by atoms with E-state index in [0.717, 1.165) is 15.9 Å². The van der Waals surface area contributed by atoms with Crippen LogP contribution in [-0.2, 0) is 0 Å². The molecule has 0 fully saturated rings. The number of fused-ring (bicyclic) bond motifs is 3. The number of nitrogen functional groups attached to an aromatic ring is 1. The summed E-state index contributed by atoms with van der Waals surface area (Å²) in [6.07, 6.45) is 2.01. The lowest BCUT2D eigenvalue weighted by atomic mass is 10.4. The molecule has 3 rings (SSSR count). The molecule has 14 heavy (non-hydrogen) atoms. The van der Waals surface area contributed by atoms with Crippen molar-refractivity contribution in [3.8, 4) is 0 Å². The molecule has 0 aliphatic carbocycles. The molecule has 3 heterocycles. The van der Waals surface area contributed by atoms with Gasteiger partial charge in [0.25, 0.3) is 0 Å². The van der Waals surface area contributed by atoms with E-state index < -0.39 is 0 Å². The number of aromatic nitrogens is 2. The largest absolute Gasteiger partial charge is 0.311 e. The number of nitrogens with one attached hydrogen (secondary N) is 1. The summed E-state index contributed by atoms with van der Waals surface area (Å²) in [6, 6.07) is 6.02. The maximum absolute atomic E-state index is 5.41. The minimum Gasteiger partial charge on any atom is -0.311 e. The second kappa shape index (κ2) is 2.70. The molecule has 4 nitrogen and oxygen atoms in total. The van der Waals surface area contributed by atoms with Crippen LogP contribution in [0.25, 0.3) is 15.9 Å². The molecule has 5 heteroatoms. The standard InChI is InChI=1S/C9H8N4S/c10-12-8-6-2-1-4-13(6)7-3-5-14-9(7)11-8/h1-5H,10H2,(H,11,12). The molecule has 0 spiro atoms. The lowest BCUT2D eigenvalue weighted by Gasteiger charge is -2.03. The van der Waals surface area contributed by atoms with Gasteiger partial charge in [-0.15, -0.1) is 11.3 Å². The summed E-state index contributed by atoms with van der Waals surface area (Å²) in [7, 11) is 0. The Bertz CT molecular complexity index is 595. The smallest absolute Gasteiger partial charge is 0.166 e. The maximum atomic E-state index is 5.41. The zero-order chi connectivity index (χ0) is 9.54. The Hall–Kier alpha value is -1.59.